The Bertz CT molecular complexity index is 750. The van der Waals surface area contributed by atoms with E-state index in [1.54, 1.807) is 12.1 Å². The summed E-state index contributed by atoms with van der Waals surface area (Å²) in [5.41, 5.74) is 1.54. The van der Waals surface area contributed by atoms with Gasteiger partial charge in [0, 0.05) is 24.9 Å². The number of benzene rings is 2. The Balaban J connectivity index is 1.78. The van der Waals surface area contributed by atoms with Crippen molar-refractivity contribution in [2.24, 2.45) is 0 Å². The number of nitrogens with one attached hydrogen (secondary N) is 1. The minimum Gasteiger partial charge on any atom is -0.352 e. The lowest BCUT2D eigenvalue weighted by molar-refractivity contribution is -0.137. The first kappa shape index (κ1) is 19.7. The van der Waals surface area contributed by atoms with Crippen LogP contribution in [0.25, 0.3) is 0 Å². The normalized spacial score (nSPS) is 11.2. The maximum atomic E-state index is 12.5. The molecule has 0 heterocycles. The summed E-state index contributed by atoms with van der Waals surface area (Å²) in [7, 11) is 0. The quantitative estimate of drug-likeness (QED) is 0.734. The molecule has 2 aromatic carbocycles. The zero-order chi connectivity index (χ0) is 19.2. The molecule has 3 nitrogen and oxygen atoms in total. The second kappa shape index (κ2) is 8.65. The highest BCUT2D eigenvalue weighted by Crippen LogP contribution is 2.29. The Kier molecular flexibility index (Phi) is 6.55. The molecule has 0 aliphatic heterocycles. The lowest BCUT2D eigenvalue weighted by Crippen LogP contribution is -2.23. The average Bonchev–Trinajstić information content (AvgIpc) is 2.64. The number of alkyl halides is 3. The highest BCUT2D eigenvalue weighted by atomic mass is 19.4. The van der Waals surface area contributed by atoms with Gasteiger partial charge in [0.1, 0.15) is 0 Å². The molecule has 0 aliphatic rings. The highest BCUT2D eigenvalue weighted by molar-refractivity contribution is 5.97. The van der Waals surface area contributed by atoms with Crippen LogP contribution >= 0.6 is 0 Å². The number of amides is 1. The molecule has 0 unspecified atom stereocenters. The fraction of sp³-hybridized carbons (Fsp3) is 0.300. The van der Waals surface area contributed by atoms with E-state index in [0.29, 0.717) is 11.1 Å². The molecule has 2 rings (SSSR count). The largest absolute Gasteiger partial charge is 0.416 e. The van der Waals surface area contributed by atoms with E-state index >= 15 is 0 Å². The number of aryl methyl sites for hydroxylation is 1. The second-order valence-electron chi connectivity index (χ2n) is 5.95. The molecule has 1 N–H and O–H groups in total. The third-order valence-corrected chi connectivity index (χ3v) is 4.03. The predicted molar refractivity (Wildman–Crippen MR) is 92.7 cm³/mol. The Morgan fingerprint density at radius 3 is 2.00 bits per heavy atom. The molecule has 0 aliphatic carbocycles. The van der Waals surface area contributed by atoms with Crippen LogP contribution in [0.15, 0.2) is 48.5 Å². The van der Waals surface area contributed by atoms with Crippen LogP contribution in [0.4, 0.5) is 13.2 Å². The first-order valence-corrected chi connectivity index (χ1v) is 8.34. The average molecular weight is 363 g/mol. The van der Waals surface area contributed by atoms with Gasteiger partial charge in [0.15, 0.2) is 5.78 Å². The molecule has 0 saturated carbocycles. The molecule has 26 heavy (non-hydrogen) atoms. The van der Waals surface area contributed by atoms with Crippen LogP contribution in [0.3, 0.4) is 0 Å². The van der Waals surface area contributed by atoms with Crippen molar-refractivity contribution < 1.29 is 22.8 Å². The van der Waals surface area contributed by atoms with Crippen molar-refractivity contribution in [3.05, 3.63) is 70.8 Å². The van der Waals surface area contributed by atoms with Crippen molar-refractivity contribution in [2.75, 3.05) is 0 Å². The first-order chi connectivity index (χ1) is 12.3. The minimum absolute atomic E-state index is 0.0367. The van der Waals surface area contributed by atoms with Gasteiger partial charge in [-0.25, -0.2) is 0 Å². The van der Waals surface area contributed by atoms with Crippen LogP contribution in [0.1, 0.15) is 46.8 Å². The van der Waals surface area contributed by atoms with E-state index in [-0.39, 0.29) is 31.1 Å². The van der Waals surface area contributed by atoms with Gasteiger partial charge in [0.2, 0.25) is 5.91 Å². The second-order valence-corrected chi connectivity index (χ2v) is 5.95. The van der Waals surface area contributed by atoms with Crippen molar-refractivity contribution in [3.8, 4) is 0 Å². The van der Waals surface area contributed by atoms with Crippen LogP contribution in [-0.2, 0) is 23.9 Å². The van der Waals surface area contributed by atoms with Gasteiger partial charge in [0.25, 0.3) is 0 Å². The van der Waals surface area contributed by atoms with Gasteiger partial charge < -0.3 is 5.32 Å². The number of carbonyl (C=O) groups excluding carboxylic acids is 2. The number of halogens is 3. The highest BCUT2D eigenvalue weighted by Gasteiger charge is 2.29. The molecular formula is C20H20F3NO2. The summed E-state index contributed by atoms with van der Waals surface area (Å²) < 4.78 is 37.5. The lowest BCUT2D eigenvalue weighted by atomic mass is 10.0. The Morgan fingerprint density at radius 1 is 0.885 bits per heavy atom. The standard InChI is InChI=1S/C20H20F3NO2/c1-2-14-3-7-16(8-4-14)18(25)11-12-19(26)24-13-15-5-9-17(10-6-15)20(21,22)23/h3-10H,2,11-13H2,1H3,(H,24,26). The van der Waals surface area contributed by atoms with Crippen LogP contribution in [-0.4, -0.2) is 11.7 Å². The number of Topliss-reactive ketones (excluding diaryl/α,β-unsaturated/α-hetero) is 1. The maximum Gasteiger partial charge on any atom is 0.416 e. The molecular weight excluding hydrogens is 343 g/mol. The molecule has 0 radical (unpaired) electrons. The number of hydrogen-bond acceptors (Lipinski definition) is 2. The molecule has 2 aromatic rings. The van der Waals surface area contributed by atoms with Gasteiger partial charge >= 0.3 is 6.18 Å². The molecule has 0 saturated heterocycles. The molecule has 0 aromatic heterocycles. The molecule has 0 spiro atoms. The van der Waals surface area contributed by atoms with Crippen LogP contribution in [0.5, 0.6) is 0 Å². The Labute approximate surface area is 150 Å². The molecule has 0 atom stereocenters. The van der Waals surface area contributed by atoms with Gasteiger partial charge in [-0.2, -0.15) is 13.2 Å². The first-order valence-electron chi connectivity index (χ1n) is 8.34. The molecule has 6 heteroatoms. The van der Waals surface area contributed by atoms with Crippen molar-refractivity contribution >= 4 is 11.7 Å². The Hall–Kier alpha value is -2.63. The fourth-order valence-corrected chi connectivity index (χ4v) is 2.40. The van der Waals surface area contributed by atoms with E-state index in [4.69, 9.17) is 0 Å². The van der Waals surface area contributed by atoms with Gasteiger partial charge in [0.05, 0.1) is 5.56 Å². The van der Waals surface area contributed by atoms with E-state index < -0.39 is 11.7 Å². The molecule has 1 amide bonds. The summed E-state index contributed by atoms with van der Waals surface area (Å²) in [6.45, 7) is 2.15. The van der Waals surface area contributed by atoms with Crippen molar-refractivity contribution in [3.63, 3.8) is 0 Å². The number of carbonyl (C=O) groups is 2. The summed E-state index contributed by atoms with van der Waals surface area (Å²) in [6, 6.07) is 11.9. The van der Waals surface area contributed by atoms with Gasteiger partial charge in [-0.15, -0.1) is 0 Å². The van der Waals surface area contributed by atoms with E-state index in [1.807, 2.05) is 19.1 Å². The fourth-order valence-electron chi connectivity index (χ4n) is 2.40. The summed E-state index contributed by atoms with van der Waals surface area (Å²) in [4.78, 5) is 23.9. The smallest absolute Gasteiger partial charge is 0.352 e. The number of rotatable bonds is 7. The van der Waals surface area contributed by atoms with Crippen LogP contribution < -0.4 is 5.32 Å². The minimum atomic E-state index is -4.38. The maximum absolute atomic E-state index is 12.5. The van der Waals surface area contributed by atoms with E-state index in [0.717, 1.165) is 24.1 Å². The summed E-state index contributed by atoms with van der Waals surface area (Å²) in [5.74, 6) is -0.430. The zero-order valence-electron chi connectivity index (χ0n) is 14.4. The summed E-state index contributed by atoms with van der Waals surface area (Å²) in [5, 5.41) is 2.61. The monoisotopic (exact) mass is 363 g/mol. The van der Waals surface area contributed by atoms with Gasteiger partial charge in [-0.05, 0) is 29.7 Å². The van der Waals surface area contributed by atoms with Crippen molar-refractivity contribution in [2.45, 2.75) is 38.9 Å². The third-order valence-electron chi connectivity index (χ3n) is 4.03. The number of hydrogen-bond donors (Lipinski definition) is 1. The summed E-state index contributed by atoms with van der Waals surface area (Å²) in [6.07, 6.45) is -3.36. The van der Waals surface area contributed by atoms with E-state index in [9.17, 15) is 22.8 Å². The zero-order valence-corrected chi connectivity index (χ0v) is 14.4. The third kappa shape index (κ3) is 5.72. The molecule has 138 valence electrons. The summed E-state index contributed by atoms with van der Waals surface area (Å²) >= 11 is 0. The van der Waals surface area contributed by atoms with Crippen molar-refractivity contribution in [1.82, 2.24) is 5.32 Å². The van der Waals surface area contributed by atoms with Crippen LogP contribution in [0, 0.1) is 0 Å². The SMILES string of the molecule is CCc1ccc(C(=O)CCC(=O)NCc2ccc(C(F)(F)F)cc2)cc1. The van der Waals surface area contributed by atoms with Gasteiger partial charge in [-0.1, -0.05) is 43.3 Å². The number of ketones is 1. The molecule has 0 fully saturated rings. The molecule has 0 bridgehead atoms. The van der Waals surface area contributed by atoms with Gasteiger partial charge in [-0.3, -0.25) is 9.59 Å². The lowest BCUT2D eigenvalue weighted by Gasteiger charge is -2.08. The van der Waals surface area contributed by atoms with Crippen LogP contribution in [0.2, 0.25) is 0 Å². The van der Waals surface area contributed by atoms with Crippen molar-refractivity contribution in [1.29, 1.82) is 0 Å². The van der Waals surface area contributed by atoms with E-state index in [2.05, 4.69) is 5.32 Å². The topological polar surface area (TPSA) is 46.2 Å². The predicted octanol–water partition coefficient (Wildman–Crippen LogP) is 4.55. The van der Waals surface area contributed by atoms with E-state index in [1.165, 1.54) is 12.1 Å². The Morgan fingerprint density at radius 2 is 1.46 bits per heavy atom.